The molecule has 1 rings (SSSR count). The Bertz CT molecular complexity index is 243. The third-order valence-electron chi connectivity index (χ3n) is 1.10. The summed E-state index contributed by atoms with van der Waals surface area (Å²) in [6, 6.07) is 7.67. The van der Waals surface area contributed by atoms with E-state index in [2.05, 4.69) is 15.9 Å². The van der Waals surface area contributed by atoms with Gasteiger partial charge in [-0.15, -0.1) is 0 Å². The van der Waals surface area contributed by atoms with Crippen molar-refractivity contribution in [3.05, 3.63) is 39.8 Å². The van der Waals surface area contributed by atoms with Gasteiger partial charge in [0.2, 0.25) is 0 Å². The summed E-state index contributed by atoms with van der Waals surface area (Å²) in [4.78, 5) is 1.80. The summed E-state index contributed by atoms with van der Waals surface area (Å²) in [5.74, 6) is 0. The molecular weight excluding hydrogens is 211 g/mol. The fourth-order valence-corrected chi connectivity index (χ4v) is 1.19. The predicted molar refractivity (Wildman–Crippen MR) is 49.4 cm³/mol. The van der Waals surface area contributed by atoms with Crippen LogP contribution in [0.3, 0.4) is 0 Å². The van der Waals surface area contributed by atoms with Crippen LogP contribution in [-0.2, 0) is 0 Å². The minimum absolute atomic E-state index is 0.767. The summed E-state index contributed by atoms with van der Waals surface area (Å²) in [7, 11) is 0. The maximum Gasteiger partial charge on any atom is 0.0411 e. The largest absolute Gasteiger partial charge is 0.0843 e. The number of rotatable bonds is 1. The Balaban J connectivity index is 2.95. The van der Waals surface area contributed by atoms with Gasteiger partial charge in [-0.2, -0.15) is 0 Å². The topological polar surface area (TPSA) is 0 Å². The van der Waals surface area contributed by atoms with E-state index in [4.69, 9.17) is 11.6 Å². The third kappa shape index (κ3) is 2.16. The van der Waals surface area contributed by atoms with E-state index < -0.39 is 0 Å². The van der Waals surface area contributed by atoms with E-state index in [-0.39, 0.29) is 0 Å². The first-order valence-corrected chi connectivity index (χ1v) is 4.14. The van der Waals surface area contributed by atoms with Crippen molar-refractivity contribution in [1.82, 2.24) is 0 Å². The SMILES string of the molecule is Clc1cccc(C=CBr)c1. The molecule has 0 unspecified atom stereocenters. The predicted octanol–water partition coefficient (Wildman–Crippen LogP) is 3.71. The van der Waals surface area contributed by atoms with Crippen molar-refractivity contribution in [3.8, 4) is 0 Å². The molecule has 0 spiro atoms. The molecule has 0 aliphatic heterocycles. The van der Waals surface area contributed by atoms with Gasteiger partial charge in [0.05, 0.1) is 0 Å². The van der Waals surface area contributed by atoms with Crippen LogP contribution in [0.1, 0.15) is 5.56 Å². The Morgan fingerprint density at radius 2 is 2.20 bits per heavy atom. The van der Waals surface area contributed by atoms with Crippen LogP contribution in [0.15, 0.2) is 29.3 Å². The van der Waals surface area contributed by atoms with Crippen molar-refractivity contribution in [3.63, 3.8) is 0 Å². The van der Waals surface area contributed by atoms with Crippen molar-refractivity contribution in [2.75, 3.05) is 0 Å². The lowest BCUT2D eigenvalue weighted by molar-refractivity contribution is 1.66. The number of hydrogen-bond acceptors (Lipinski definition) is 0. The highest BCUT2D eigenvalue weighted by atomic mass is 79.9. The molecular formula is C8H6BrCl. The molecule has 1 aromatic carbocycles. The molecule has 0 radical (unpaired) electrons. The van der Waals surface area contributed by atoms with E-state index in [9.17, 15) is 0 Å². The molecule has 0 amide bonds. The standard InChI is InChI=1S/C8H6BrCl/c9-5-4-7-2-1-3-8(10)6-7/h1-6H. The van der Waals surface area contributed by atoms with E-state index in [1.165, 1.54) is 0 Å². The first-order valence-electron chi connectivity index (χ1n) is 2.85. The van der Waals surface area contributed by atoms with Gasteiger partial charge in [0.15, 0.2) is 0 Å². The molecule has 0 bridgehead atoms. The lowest BCUT2D eigenvalue weighted by atomic mass is 10.2. The summed E-state index contributed by atoms with van der Waals surface area (Å²) in [5, 5.41) is 0.767. The van der Waals surface area contributed by atoms with Crippen molar-refractivity contribution >= 4 is 33.6 Å². The first kappa shape index (κ1) is 7.83. The van der Waals surface area contributed by atoms with E-state index in [1.807, 2.05) is 30.3 Å². The highest BCUT2D eigenvalue weighted by Crippen LogP contribution is 2.11. The maximum atomic E-state index is 5.73. The molecule has 2 heteroatoms. The molecule has 10 heavy (non-hydrogen) atoms. The summed E-state index contributed by atoms with van der Waals surface area (Å²) in [6.07, 6.45) is 1.94. The van der Waals surface area contributed by atoms with Gasteiger partial charge in [-0.1, -0.05) is 39.7 Å². The van der Waals surface area contributed by atoms with Gasteiger partial charge < -0.3 is 0 Å². The fraction of sp³-hybridized carbons (Fsp3) is 0. The molecule has 0 heterocycles. The van der Waals surface area contributed by atoms with Crippen LogP contribution in [0.2, 0.25) is 5.02 Å². The summed E-state index contributed by atoms with van der Waals surface area (Å²) in [5.41, 5.74) is 1.10. The second-order valence-electron chi connectivity index (χ2n) is 1.85. The molecule has 0 atom stereocenters. The Hall–Kier alpha value is -0.270. The van der Waals surface area contributed by atoms with Gasteiger partial charge in [-0.3, -0.25) is 0 Å². The van der Waals surface area contributed by atoms with Crippen LogP contribution in [0, 0.1) is 0 Å². The average molecular weight is 217 g/mol. The molecule has 0 fully saturated rings. The van der Waals surface area contributed by atoms with Crippen molar-refractivity contribution in [2.45, 2.75) is 0 Å². The molecule has 0 saturated carbocycles. The molecule has 1 aromatic rings. The van der Waals surface area contributed by atoms with Crippen LogP contribution < -0.4 is 0 Å². The lowest BCUT2D eigenvalue weighted by Gasteiger charge is -1.91. The minimum atomic E-state index is 0.767. The number of halogens is 2. The Morgan fingerprint density at radius 3 is 2.80 bits per heavy atom. The summed E-state index contributed by atoms with van der Waals surface area (Å²) >= 11 is 8.92. The third-order valence-corrected chi connectivity index (χ3v) is 1.60. The van der Waals surface area contributed by atoms with Gasteiger partial charge in [0.25, 0.3) is 0 Å². The van der Waals surface area contributed by atoms with Crippen molar-refractivity contribution in [1.29, 1.82) is 0 Å². The number of benzene rings is 1. The first-order chi connectivity index (χ1) is 4.83. The van der Waals surface area contributed by atoms with Gasteiger partial charge in [-0.05, 0) is 28.8 Å². The minimum Gasteiger partial charge on any atom is -0.0843 e. The Morgan fingerprint density at radius 1 is 1.40 bits per heavy atom. The van der Waals surface area contributed by atoms with E-state index in [0.717, 1.165) is 10.6 Å². The average Bonchev–Trinajstić information content (AvgIpc) is 1.88. The molecule has 0 N–H and O–H groups in total. The van der Waals surface area contributed by atoms with Gasteiger partial charge in [0.1, 0.15) is 0 Å². The lowest BCUT2D eigenvalue weighted by Crippen LogP contribution is -1.68. The highest BCUT2D eigenvalue weighted by molar-refractivity contribution is 9.11. The molecule has 0 aliphatic rings. The highest BCUT2D eigenvalue weighted by Gasteiger charge is 1.86. The monoisotopic (exact) mass is 216 g/mol. The smallest absolute Gasteiger partial charge is 0.0411 e. The molecule has 0 saturated heterocycles. The molecule has 0 nitrogen and oxygen atoms in total. The zero-order valence-electron chi connectivity index (χ0n) is 5.22. The van der Waals surface area contributed by atoms with E-state index in [1.54, 1.807) is 4.99 Å². The van der Waals surface area contributed by atoms with E-state index >= 15 is 0 Å². The normalized spacial score (nSPS) is 10.6. The van der Waals surface area contributed by atoms with Crippen molar-refractivity contribution < 1.29 is 0 Å². The Labute approximate surface area is 73.6 Å². The van der Waals surface area contributed by atoms with Crippen LogP contribution in [-0.4, -0.2) is 0 Å². The molecule has 0 aromatic heterocycles. The quantitative estimate of drug-likeness (QED) is 0.673. The second kappa shape index (κ2) is 3.79. The summed E-state index contributed by atoms with van der Waals surface area (Å²) < 4.78 is 0. The van der Waals surface area contributed by atoms with E-state index in [0.29, 0.717) is 0 Å². The van der Waals surface area contributed by atoms with Gasteiger partial charge in [-0.25, -0.2) is 0 Å². The summed E-state index contributed by atoms with van der Waals surface area (Å²) in [6.45, 7) is 0. The number of hydrogen-bond donors (Lipinski definition) is 0. The fourth-order valence-electron chi connectivity index (χ4n) is 0.683. The van der Waals surface area contributed by atoms with Crippen LogP contribution in [0.4, 0.5) is 0 Å². The van der Waals surface area contributed by atoms with Crippen LogP contribution >= 0.6 is 27.5 Å². The molecule has 0 aliphatic carbocycles. The van der Waals surface area contributed by atoms with Crippen LogP contribution in [0.25, 0.3) is 6.08 Å². The van der Waals surface area contributed by atoms with Crippen LogP contribution in [0.5, 0.6) is 0 Å². The van der Waals surface area contributed by atoms with Gasteiger partial charge >= 0.3 is 0 Å². The zero-order chi connectivity index (χ0) is 7.40. The molecule has 52 valence electrons. The maximum absolute atomic E-state index is 5.73. The van der Waals surface area contributed by atoms with Gasteiger partial charge in [0, 0.05) is 5.02 Å². The zero-order valence-corrected chi connectivity index (χ0v) is 7.56. The Kier molecular flexibility index (Phi) is 2.97. The second-order valence-corrected chi connectivity index (χ2v) is 2.81. The van der Waals surface area contributed by atoms with Crippen molar-refractivity contribution in [2.24, 2.45) is 0 Å².